The predicted octanol–water partition coefficient (Wildman–Crippen LogP) is 1.72. The molecule has 18 heavy (non-hydrogen) atoms. The van der Waals surface area contributed by atoms with Gasteiger partial charge in [-0.05, 0) is 25.3 Å². The Morgan fingerprint density at radius 3 is 2.72 bits per heavy atom. The van der Waals surface area contributed by atoms with Gasteiger partial charge in [0.15, 0.2) is 0 Å². The second kappa shape index (κ2) is 7.03. The first-order valence-corrected chi connectivity index (χ1v) is 6.44. The van der Waals surface area contributed by atoms with E-state index in [1.165, 1.54) is 0 Å². The third-order valence-electron chi connectivity index (χ3n) is 2.96. The van der Waals surface area contributed by atoms with Gasteiger partial charge in [-0.2, -0.15) is 0 Å². The molecule has 0 saturated heterocycles. The van der Waals surface area contributed by atoms with Crippen LogP contribution in [0.3, 0.4) is 0 Å². The van der Waals surface area contributed by atoms with E-state index < -0.39 is 12.2 Å². The summed E-state index contributed by atoms with van der Waals surface area (Å²) in [6.45, 7) is 3.66. The molecule has 0 aromatic heterocycles. The molecule has 0 saturated carbocycles. The van der Waals surface area contributed by atoms with Gasteiger partial charge in [0.05, 0.1) is 6.04 Å². The summed E-state index contributed by atoms with van der Waals surface area (Å²) in [5.41, 5.74) is 5.06. The fraction of sp³-hybridized carbons (Fsp3) is 0.692. The van der Waals surface area contributed by atoms with Crippen molar-refractivity contribution in [2.75, 3.05) is 0 Å². The normalized spacial score (nSPS) is 25.9. The zero-order chi connectivity index (χ0) is 13.5. The van der Waals surface area contributed by atoms with E-state index in [1.807, 2.05) is 26.0 Å². The van der Waals surface area contributed by atoms with E-state index in [1.54, 1.807) is 0 Å². The molecular weight excluding hydrogens is 232 g/mol. The van der Waals surface area contributed by atoms with E-state index in [-0.39, 0.29) is 17.9 Å². The van der Waals surface area contributed by atoms with Crippen molar-refractivity contribution in [2.45, 2.75) is 51.7 Å². The van der Waals surface area contributed by atoms with Gasteiger partial charge < -0.3 is 15.8 Å². The fourth-order valence-corrected chi connectivity index (χ4v) is 1.91. The van der Waals surface area contributed by atoms with Gasteiger partial charge in [-0.25, -0.2) is 4.79 Å². The fourth-order valence-electron chi connectivity index (χ4n) is 1.91. The van der Waals surface area contributed by atoms with Gasteiger partial charge in [-0.1, -0.05) is 26.3 Å². The minimum absolute atomic E-state index is 0.0351. The zero-order valence-corrected chi connectivity index (χ0v) is 11.0. The molecule has 5 heteroatoms. The average molecular weight is 254 g/mol. The summed E-state index contributed by atoms with van der Waals surface area (Å²) in [4.78, 5) is 22.6. The van der Waals surface area contributed by atoms with Crippen LogP contribution in [0.2, 0.25) is 0 Å². The molecule has 2 atom stereocenters. The summed E-state index contributed by atoms with van der Waals surface area (Å²) >= 11 is 0. The number of hydrogen-bond donors (Lipinski definition) is 2. The molecule has 2 unspecified atom stereocenters. The summed E-state index contributed by atoms with van der Waals surface area (Å²) in [5, 5.41) is 2.92. The zero-order valence-electron chi connectivity index (χ0n) is 11.0. The predicted molar refractivity (Wildman–Crippen MR) is 68.8 cm³/mol. The molecule has 1 rings (SSSR count). The molecule has 0 aromatic rings. The molecule has 0 spiro atoms. The number of ether oxygens (including phenoxy) is 1. The Morgan fingerprint density at radius 2 is 2.11 bits per heavy atom. The molecule has 0 aliphatic heterocycles. The summed E-state index contributed by atoms with van der Waals surface area (Å²) in [7, 11) is 0. The van der Waals surface area contributed by atoms with Crippen LogP contribution in [0.1, 0.15) is 39.5 Å². The van der Waals surface area contributed by atoms with Gasteiger partial charge in [-0.15, -0.1) is 0 Å². The maximum atomic E-state index is 11.7. The lowest BCUT2D eigenvalue weighted by Crippen LogP contribution is -2.46. The lowest BCUT2D eigenvalue weighted by Gasteiger charge is -2.27. The van der Waals surface area contributed by atoms with Gasteiger partial charge in [-0.3, -0.25) is 4.79 Å². The number of rotatable bonds is 3. The van der Waals surface area contributed by atoms with Crippen molar-refractivity contribution in [3.05, 3.63) is 12.2 Å². The van der Waals surface area contributed by atoms with E-state index in [4.69, 9.17) is 10.5 Å². The molecule has 2 amide bonds. The Morgan fingerprint density at radius 1 is 1.39 bits per heavy atom. The third kappa shape index (κ3) is 4.77. The van der Waals surface area contributed by atoms with Crippen LogP contribution in [-0.4, -0.2) is 24.1 Å². The van der Waals surface area contributed by atoms with E-state index in [9.17, 15) is 9.59 Å². The average Bonchev–Trinajstić information content (AvgIpc) is 2.26. The number of amides is 2. The number of nitrogens with two attached hydrogens (primary N) is 1. The van der Waals surface area contributed by atoms with Crippen LogP contribution in [0.25, 0.3) is 0 Å². The molecule has 0 bridgehead atoms. The molecule has 3 N–H and O–H groups in total. The third-order valence-corrected chi connectivity index (χ3v) is 2.96. The Labute approximate surface area is 108 Å². The molecule has 0 aromatic carbocycles. The minimum Gasteiger partial charge on any atom is -0.440 e. The lowest BCUT2D eigenvalue weighted by molar-refractivity contribution is -0.125. The second-order valence-electron chi connectivity index (χ2n) is 4.88. The summed E-state index contributed by atoms with van der Waals surface area (Å²) in [6, 6.07) is -0.191. The van der Waals surface area contributed by atoms with E-state index in [0.717, 1.165) is 25.7 Å². The van der Waals surface area contributed by atoms with Gasteiger partial charge >= 0.3 is 6.09 Å². The minimum atomic E-state index is -0.811. The lowest BCUT2D eigenvalue weighted by atomic mass is 9.98. The van der Waals surface area contributed by atoms with Crippen molar-refractivity contribution in [1.29, 1.82) is 0 Å². The second-order valence-corrected chi connectivity index (χ2v) is 4.88. The molecule has 0 fully saturated rings. The number of allylic oxidation sites excluding steroid dienone is 1. The maximum Gasteiger partial charge on any atom is 0.405 e. The highest BCUT2D eigenvalue weighted by Gasteiger charge is 2.25. The topological polar surface area (TPSA) is 81.4 Å². The number of carbonyl (C=O) groups excluding carboxylic acids is 2. The van der Waals surface area contributed by atoms with Crippen molar-refractivity contribution in [3.8, 4) is 0 Å². The Kier molecular flexibility index (Phi) is 5.68. The SMILES string of the molecule is CC(C)C(=O)NC1CCCC/C=C/C1OC(N)=O. The highest BCUT2D eigenvalue weighted by molar-refractivity contribution is 5.78. The van der Waals surface area contributed by atoms with Gasteiger partial charge in [0.25, 0.3) is 0 Å². The molecule has 0 heterocycles. The van der Waals surface area contributed by atoms with Crippen LogP contribution < -0.4 is 11.1 Å². The van der Waals surface area contributed by atoms with E-state index in [2.05, 4.69) is 5.32 Å². The quantitative estimate of drug-likeness (QED) is 0.752. The van der Waals surface area contributed by atoms with Gasteiger partial charge in [0.2, 0.25) is 5.91 Å². The molecular formula is C13H22N2O3. The van der Waals surface area contributed by atoms with Crippen LogP contribution >= 0.6 is 0 Å². The molecule has 1 aliphatic rings. The van der Waals surface area contributed by atoms with Crippen LogP contribution in [0.4, 0.5) is 4.79 Å². The van der Waals surface area contributed by atoms with Gasteiger partial charge in [0.1, 0.15) is 6.10 Å². The first-order chi connectivity index (χ1) is 8.50. The van der Waals surface area contributed by atoms with Crippen molar-refractivity contribution in [2.24, 2.45) is 11.7 Å². The summed E-state index contributed by atoms with van der Waals surface area (Å²) in [6.07, 6.45) is 6.33. The van der Waals surface area contributed by atoms with E-state index in [0.29, 0.717) is 0 Å². The molecule has 0 radical (unpaired) electrons. The number of nitrogens with one attached hydrogen (secondary N) is 1. The number of hydrogen-bond acceptors (Lipinski definition) is 3. The number of carbonyl (C=O) groups is 2. The van der Waals surface area contributed by atoms with Crippen molar-refractivity contribution in [3.63, 3.8) is 0 Å². The van der Waals surface area contributed by atoms with Crippen molar-refractivity contribution >= 4 is 12.0 Å². The Balaban J connectivity index is 2.72. The molecule has 102 valence electrons. The first kappa shape index (κ1) is 14.5. The van der Waals surface area contributed by atoms with Gasteiger partial charge in [0, 0.05) is 5.92 Å². The van der Waals surface area contributed by atoms with Crippen molar-refractivity contribution < 1.29 is 14.3 Å². The van der Waals surface area contributed by atoms with Crippen LogP contribution in [0.15, 0.2) is 12.2 Å². The number of primary amides is 1. The summed E-state index contributed by atoms with van der Waals surface area (Å²) < 4.78 is 5.06. The standard InChI is InChI=1S/C13H22N2O3/c1-9(2)12(16)15-10-7-5-3-4-6-8-11(10)18-13(14)17/h6,8-11H,3-5,7H2,1-2H3,(H2,14,17)(H,15,16)/b8-6+. The Hall–Kier alpha value is -1.52. The smallest absolute Gasteiger partial charge is 0.405 e. The maximum absolute atomic E-state index is 11.7. The largest absolute Gasteiger partial charge is 0.440 e. The van der Waals surface area contributed by atoms with Crippen LogP contribution in [-0.2, 0) is 9.53 Å². The first-order valence-electron chi connectivity index (χ1n) is 6.44. The van der Waals surface area contributed by atoms with Crippen molar-refractivity contribution in [1.82, 2.24) is 5.32 Å². The van der Waals surface area contributed by atoms with Crippen LogP contribution in [0, 0.1) is 5.92 Å². The van der Waals surface area contributed by atoms with Crippen LogP contribution in [0.5, 0.6) is 0 Å². The monoisotopic (exact) mass is 254 g/mol. The molecule has 1 aliphatic carbocycles. The molecule has 5 nitrogen and oxygen atoms in total. The summed E-state index contributed by atoms with van der Waals surface area (Å²) in [5.74, 6) is -0.124. The van der Waals surface area contributed by atoms with E-state index >= 15 is 0 Å². The highest BCUT2D eigenvalue weighted by Crippen LogP contribution is 2.16. The Bertz CT molecular complexity index is 326. The highest BCUT2D eigenvalue weighted by atomic mass is 16.6.